The predicted octanol–water partition coefficient (Wildman–Crippen LogP) is 1.21. The molecule has 1 aliphatic heterocycles. The third kappa shape index (κ3) is 5.91. The van der Waals surface area contributed by atoms with Gasteiger partial charge in [0.15, 0.2) is 0 Å². The Bertz CT molecular complexity index is 1090. The summed E-state index contributed by atoms with van der Waals surface area (Å²) in [6.07, 6.45) is 1.13. The number of ether oxygens (including phenoxy) is 1. The van der Waals surface area contributed by atoms with Crippen LogP contribution in [-0.2, 0) is 19.1 Å². The van der Waals surface area contributed by atoms with Crippen LogP contribution in [-0.4, -0.2) is 83.9 Å². The Morgan fingerprint density at radius 3 is 2.32 bits per heavy atom. The number of tetrazole rings is 1. The smallest absolute Gasteiger partial charge is 0.408 e. The van der Waals surface area contributed by atoms with Crippen molar-refractivity contribution in [2.45, 2.75) is 90.6 Å². The van der Waals surface area contributed by atoms with Crippen LogP contribution in [0.4, 0.5) is 4.79 Å². The number of amides is 3. The van der Waals surface area contributed by atoms with E-state index in [1.54, 1.807) is 48.5 Å². The first kappa shape index (κ1) is 28.1. The number of aliphatic carboxylic acids is 1. The van der Waals surface area contributed by atoms with Crippen molar-refractivity contribution in [2.24, 2.45) is 11.3 Å². The molecule has 0 bridgehead atoms. The molecule has 0 aromatic carbocycles. The third-order valence-corrected chi connectivity index (χ3v) is 6.67. The summed E-state index contributed by atoms with van der Waals surface area (Å²) in [5.74, 6) is -2.15. The van der Waals surface area contributed by atoms with Crippen molar-refractivity contribution >= 4 is 23.9 Å². The topological polar surface area (TPSA) is 169 Å². The van der Waals surface area contributed by atoms with Gasteiger partial charge in [-0.1, -0.05) is 26.8 Å². The van der Waals surface area contributed by atoms with Gasteiger partial charge in [-0.3, -0.25) is 9.59 Å². The number of carbonyl (C=O) groups is 4. The average Bonchev–Trinajstić information content (AvgIpc) is 3.07. The predicted molar refractivity (Wildman–Crippen MR) is 131 cm³/mol. The number of carboxylic acids is 1. The number of carbonyl (C=O) groups excluding carboxylic acids is 3. The maximum atomic E-state index is 13.9. The van der Waals surface area contributed by atoms with Gasteiger partial charge in [-0.15, -0.1) is 11.7 Å². The Labute approximate surface area is 216 Å². The molecule has 3 amide bonds. The summed E-state index contributed by atoms with van der Waals surface area (Å²) < 4.78 is 6.90. The lowest BCUT2D eigenvalue weighted by molar-refractivity contribution is -0.146. The van der Waals surface area contributed by atoms with Crippen LogP contribution in [0.1, 0.15) is 66.3 Å². The number of hydrogen-bond acceptors (Lipinski definition) is 8. The molecule has 3 N–H and O–H groups in total. The van der Waals surface area contributed by atoms with Gasteiger partial charge in [0.25, 0.3) is 0 Å². The van der Waals surface area contributed by atoms with E-state index in [1.165, 1.54) is 15.7 Å². The summed E-state index contributed by atoms with van der Waals surface area (Å²) in [5.41, 5.74) is -2.95. The molecule has 1 aromatic heterocycles. The maximum Gasteiger partial charge on any atom is 0.408 e. The Morgan fingerprint density at radius 1 is 1.22 bits per heavy atom. The minimum absolute atomic E-state index is 0.0936. The monoisotopic (exact) mass is 519 g/mol. The molecule has 37 heavy (non-hydrogen) atoms. The number of likely N-dealkylation sites (tertiary alicyclic amines) is 1. The van der Waals surface area contributed by atoms with Crippen LogP contribution < -0.4 is 10.6 Å². The fourth-order valence-corrected chi connectivity index (χ4v) is 4.62. The molecule has 0 spiro atoms. The zero-order chi connectivity index (χ0) is 27.9. The van der Waals surface area contributed by atoms with Crippen LogP contribution in [0, 0.1) is 18.3 Å². The van der Waals surface area contributed by atoms with Gasteiger partial charge in [0.05, 0.1) is 6.04 Å². The number of rotatable bonds is 7. The van der Waals surface area contributed by atoms with Crippen molar-refractivity contribution < 1.29 is 29.0 Å². The molecular formula is C24H37N7O6. The lowest BCUT2D eigenvalue weighted by Crippen LogP contribution is -2.59. The fourth-order valence-electron chi connectivity index (χ4n) is 4.62. The highest BCUT2D eigenvalue weighted by Crippen LogP contribution is 2.45. The average molecular weight is 520 g/mol. The van der Waals surface area contributed by atoms with Gasteiger partial charge in [-0.25, -0.2) is 14.3 Å². The quantitative estimate of drug-likeness (QED) is 0.448. The highest BCUT2D eigenvalue weighted by molar-refractivity contribution is 5.96. The summed E-state index contributed by atoms with van der Waals surface area (Å²) in [6.45, 7) is 16.0. The van der Waals surface area contributed by atoms with E-state index < -0.39 is 64.5 Å². The first-order chi connectivity index (χ1) is 17.0. The van der Waals surface area contributed by atoms with Gasteiger partial charge < -0.3 is 25.4 Å². The fraction of sp³-hybridized carbons (Fsp3) is 0.708. The van der Waals surface area contributed by atoms with Crippen LogP contribution >= 0.6 is 0 Å². The second-order valence-electron chi connectivity index (χ2n) is 11.8. The van der Waals surface area contributed by atoms with E-state index in [-0.39, 0.29) is 19.4 Å². The lowest BCUT2D eigenvalue weighted by atomic mass is 9.85. The van der Waals surface area contributed by atoms with Gasteiger partial charge in [-0.05, 0) is 50.0 Å². The molecule has 1 aromatic rings. The van der Waals surface area contributed by atoms with Crippen LogP contribution in [0.5, 0.6) is 0 Å². The van der Waals surface area contributed by atoms with Crippen LogP contribution in [0.2, 0.25) is 0 Å². The number of alkyl carbamates (subject to hydrolysis) is 1. The molecule has 0 radical (unpaired) electrons. The van der Waals surface area contributed by atoms with Gasteiger partial charge in [0, 0.05) is 18.9 Å². The SMILES string of the molecule is C=C[C@@H]1C[C@]1(NC(=O)[C@@H]1C[C@@H](n2nnnc2C)CN1C(=O)[C@@H](NC(=O)OC(C)(C)C)C(C)(C)C)C(=O)O. The molecule has 13 nitrogen and oxygen atoms in total. The Kier molecular flexibility index (Phi) is 7.39. The third-order valence-electron chi connectivity index (χ3n) is 6.67. The van der Waals surface area contributed by atoms with Crippen molar-refractivity contribution in [3.05, 3.63) is 18.5 Å². The summed E-state index contributed by atoms with van der Waals surface area (Å²) in [4.78, 5) is 53.3. The molecule has 2 aliphatic rings. The Balaban J connectivity index is 1.91. The van der Waals surface area contributed by atoms with E-state index >= 15 is 0 Å². The van der Waals surface area contributed by atoms with E-state index in [1.807, 2.05) is 0 Å². The Morgan fingerprint density at radius 2 is 1.86 bits per heavy atom. The summed E-state index contributed by atoms with van der Waals surface area (Å²) in [7, 11) is 0. The largest absolute Gasteiger partial charge is 0.479 e. The van der Waals surface area contributed by atoms with Gasteiger partial charge >= 0.3 is 12.1 Å². The molecule has 13 heteroatoms. The molecule has 0 unspecified atom stereocenters. The van der Waals surface area contributed by atoms with Gasteiger partial charge in [0.1, 0.15) is 29.0 Å². The number of aromatic nitrogens is 4. The minimum Gasteiger partial charge on any atom is -0.479 e. The number of carboxylic acid groups (broad SMARTS) is 1. The normalized spacial score (nSPS) is 26.2. The van der Waals surface area contributed by atoms with Gasteiger partial charge in [-0.2, -0.15) is 0 Å². The molecule has 3 rings (SSSR count). The highest BCUT2D eigenvalue weighted by Gasteiger charge is 2.61. The highest BCUT2D eigenvalue weighted by atomic mass is 16.6. The number of nitrogens with one attached hydrogen (secondary N) is 2. The zero-order valence-corrected chi connectivity index (χ0v) is 22.4. The molecule has 5 atom stereocenters. The molecule has 2 heterocycles. The molecule has 204 valence electrons. The van der Waals surface area contributed by atoms with E-state index in [2.05, 4.69) is 32.7 Å². The molecule has 1 saturated carbocycles. The van der Waals surface area contributed by atoms with Gasteiger partial charge in [0.2, 0.25) is 11.8 Å². The van der Waals surface area contributed by atoms with E-state index in [9.17, 15) is 24.3 Å². The van der Waals surface area contributed by atoms with Crippen molar-refractivity contribution in [3.63, 3.8) is 0 Å². The van der Waals surface area contributed by atoms with E-state index in [0.717, 1.165) is 0 Å². The van der Waals surface area contributed by atoms with Crippen molar-refractivity contribution in [1.29, 1.82) is 0 Å². The van der Waals surface area contributed by atoms with E-state index in [0.29, 0.717) is 5.82 Å². The summed E-state index contributed by atoms with van der Waals surface area (Å²) >= 11 is 0. The van der Waals surface area contributed by atoms with Crippen LogP contribution in [0.3, 0.4) is 0 Å². The molecule has 1 aliphatic carbocycles. The minimum atomic E-state index is -1.45. The first-order valence-corrected chi connectivity index (χ1v) is 12.2. The van der Waals surface area contributed by atoms with Crippen molar-refractivity contribution in [1.82, 2.24) is 35.7 Å². The summed E-state index contributed by atoms with van der Waals surface area (Å²) in [6, 6.07) is -2.46. The van der Waals surface area contributed by atoms with Crippen LogP contribution in [0.25, 0.3) is 0 Å². The molecule has 2 fully saturated rings. The van der Waals surface area contributed by atoms with Crippen LogP contribution in [0.15, 0.2) is 12.7 Å². The maximum absolute atomic E-state index is 13.9. The lowest BCUT2D eigenvalue weighted by Gasteiger charge is -2.36. The standard InChI is InChI=1S/C24H37N7O6/c1-9-14-11-24(14,20(34)35)26-18(32)16-10-15(31-13(2)27-28-29-31)12-30(16)19(33)17(22(3,4)5)25-21(36)37-23(6,7)8/h9,14-17H,1,10-12H2,2-8H3,(H,25,36)(H,26,32)(H,34,35)/t14-,15-,16+,17-,24-/m1/s1. The second-order valence-corrected chi connectivity index (χ2v) is 11.8. The number of nitrogens with zero attached hydrogens (tertiary/aromatic N) is 5. The zero-order valence-electron chi connectivity index (χ0n) is 22.4. The van der Waals surface area contributed by atoms with E-state index in [4.69, 9.17) is 4.74 Å². The number of hydrogen-bond donors (Lipinski definition) is 3. The number of aryl methyl sites for hydroxylation is 1. The Hall–Kier alpha value is -3.51. The second kappa shape index (κ2) is 9.75. The first-order valence-electron chi connectivity index (χ1n) is 12.2. The van der Waals surface area contributed by atoms with Crippen molar-refractivity contribution in [2.75, 3.05) is 6.54 Å². The van der Waals surface area contributed by atoms with Crippen molar-refractivity contribution in [3.8, 4) is 0 Å². The molecule has 1 saturated heterocycles. The molecular weight excluding hydrogens is 482 g/mol. The summed E-state index contributed by atoms with van der Waals surface area (Å²) in [5, 5.41) is 26.6.